The lowest BCUT2D eigenvalue weighted by molar-refractivity contribution is -0.122. The van der Waals surface area contributed by atoms with Gasteiger partial charge < -0.3 is 9.47 Å². The number of amides is 2. The number of methoxy groups -OCH3 is 1. The highest BCUT2D eigenvalue weighted by Gasteiger charge is 2.34. The van der Waals surface area contributed by atoms with Crippen LogP contribution in [0.3, 0.4) is 0 Å². The molecular formula is C24H26N2O4S. The average molecular weight is 439 g/mol. The van der Waals surface area contributed by atoms with Crippen molar-refractivity contribution in [2.24, 2.45) is 0 Å². The van der Waals surface area contributed by atoms with Crippen LogP contribution in [0.15, 0.2) is 48.0 Å². The number of hydrogen-bond donors (Lipinski definition) is 1. The van der Waals surface area contributed by atoms with Gasteiger partial charge in [-0.3, -0.25) is 19.8 Å². The van der Waals surface area contributed by atoms with Gasteiger partial charge in [-0.2, -0.15) is 0 Å². The molecule has 3 rings (SSSR count). The number of nitrogens with one attached hydrogen (secondary N) is 1. The molecule has 0 aromatic heterocycles. The Morgan fingerprint density at radius 3 is 2.26 bits per heavy atom. The zero-order chi connectivity index (χ0) is 22.7. The molecule has 1 fully saturated rings. The molecule has 2 aromatic carbocycles. The van der Waals surface area contributed by atoms with E-state index in [0.29, 0.717) is 28.7 Å². The average Bonchev–Trinajstić information content (AvgIpc) is 2.71. The number of nitrogens with zero attached hydrogens (tertiary/aromatic N) is 1. The molecule has 0 saturated carbocycles. The third-order valence-electron chi connectivity index (χ3n) is 4.78. The van der Waals surface area contributed by atoms with E-state index in [1.165, 1.54) is 11.0 Å². The SMILES string of the molecule is COc1cc(/C=C2\C(=O)NC(=S)N(c3ccc(C(C)C)cc3)C2=O)ccc1OC(C)C. The molecule has 1 saturated heterocycles. The lowest BCUT2D eigenvalue weighted by Crippen LogP contribution is -2.54. The second-order valence-corrected chi connectivity index (χ2v) is 8.17. The van der Waals surface area contributed by atoms with Gasteiger partial charge in [-0.15, -0.1) is 0 Å². The molecule has 7 heteroatoms. The third-order valence-corrected chi connectivity index (χ3v) is 5.07. The van der Waals surface area contributed by atoms with Crippen LogP contribution >= 0.6 is 12.2 Å². The Balaban J connectivity index is 1.95. The van der Waals surface area contributed by atoms with Crippen molar-refractivity contribution in [3.63, 3.8) is 0 Å². The minimum atomic E-state index is -0.536. The van der Waals surface area contributed by atoms with E-state index in [1.54, 1.807) is 25.3 Å². The summed E-state index contributed by atoms with van der Waals surface area (Å²) in [6, 6.07) is 12.8. The second-order valence-electron chi connectivity index (χ2n) is 7.78. The van der Waals surface area contributed by atoms with Gasteiger partial charge >= 0.3 is 0 Å². The van der Waals surface area contributed by atoms with Gasteiger partial charge in [0, 0.05) is 0 Å². The fourth-order valence-electron chi connectivity index (χ4n) is 3.19. The molecule has 2 amide bonds. The molecule has 0 spiro atoms. The van der Waals surface area contributed by atoms with Gasteiger partial charge in [-0.25, -0.2) is 0 Å². The van der Waals surface area contributed by atoms with E-state index in [0.717, 1.165) is 5.56 Å². The van der Waals surface area contributed by atoms with Gasteiger partial charge in [0.05, 0.1) is 18.9 Å². The van der Waals surface area contributed by atoms with Crippen LogP contribution in [0.1, 0.15) is 44.7 Å². The monoisotopic (exact) mass is 438 g/mol. The van der Waals surface area contributed by atoms with E-state index >= 15 is 0 Å². The van der Waals surface area contributed by atoms with E-state index in [9.17, 15) is 9.59 Å². The maximum absolute atomic E-state index is 13.2. The van der Waals surface area contributed by atoms with Crippen LogP contribution in [0, 0.1) is 0 Å². The van der Waals surface area contributed by atoms with E-state index in [2.05, 4.69) is 19.2 Å². The number of ether oxygens (including phenoxy) is 2. The maximum atomic E-state index is 13.2. The molecule has 1 aliphatic rings. The number of rotatable bonds is 6. The predicted molar refractivity (Wildman–Crippen MR) is 125 cm³/mol. The van der Waals surface area contributed by atoms with Gasteiger partial charge in [-0.05, 0) is 73.5 Å². The van der Waals surface area contributed by atoms with Gasteiger partial charge in [0.2, 0.25) is 0 Å². The van der Waals surface area contributed by atoms with Crippen molar-refractivity contribution in [3.05, 3.63) is 59.2 Å². The predicted octanol–water partition coefficient (Wildman–Crippen LogP) is 4.44. The molecule has 6 nitrogen and oxygen atoms in total. The lowest BCUT2D eigenvalue weighted by Gasteiger charge is -2.29. The first-order valence-corrected chi connectivity index (χ1v) is 10.5. The molecule has 0 bridgehead atoms. The molecular weight excluding hydrogens is 412 g/mol. The molecule has 0 radical (unpaired) electrons. The number of carbonyl (C=O) groups excluding carboxylic acids is 2. The number of anilines is 1. The summed E-state index contributed by atoms with van der Waals surface area (Å²) >= 11 is 5.27. The minimum Gasteiger partial charge on any atom is -0.493 e. The van der Waals surface area contributed by atoms with Crippen molar-refractivity contribution in [1.29, 1.82) is 0 Å². The molecule has 0 aliphatic carbocycles. The smallest absolute Gasteiger partial charge is 0.270 e. The molecule has 162 valence electrons. The first-order chi connectivity index (χ1) is 14.7. The highest BCUT2D eigenvalue weighted by Crippen LogP contribution is 2.31. The molecule has 0 atom stereocenters. The lowest BCUT2D eigenvalue weighted by atomic mass is 10.0. The number of benzene rings is 2. The van der Waals surface area contributed by atoms with Crippen LogP contribution in [0.4, 0.5) is 5.69 Å². The third kappa shape index (κ3) is 4.94. The fraction of sp³-hybridized carbons (Fsp3) is 0.292. The molecule has 1 aliphatic heterocycles. The zero-order valence-electron chi connectivity index (χ0n) is 18.3. The summed E-state index contributed by atoms with van der Waals surface area (Å²) in [5, 5.41) is 2.66. The van der Waals surface area contributed by atoms with Crippen molar-refractivity contribution in [1.82, 2.24) is 5.32 Å². The van der Waals surface area contributed by atoms with E-state index in [4.69, 9.17) is 21.7 Å². The normalized spacial score (nSPS) is 15.6. The number of thiocarbonyl (C=S) groups is 1. The number of hydrogen-bond acceptors (Lipinski definition) is 5. The van der Waals surface area contributed by atoms with Crippen LogP contribution in [0.2, 0.25) is 0 Å². The largest absolute Gasteiger partial charge is 0.493 e. The van der Waals surface area contributed by atoms with Crippen molar-refractivity contribution >= 4 is 40.9 Å². The van der Waals surface area contributed by atoms with Gasteiger partial charge in [-0.1, -0.05) is 32.0 Å². The molecule has 1 heterocycles. The van der Waals surface area contributed by atoms with Crippen LogP contribution in [-0.4, -0.2) is 30.1 Å². The van der Waals surface area contributed by atoms with E-state index in [-0.39, 0.29) is 16.8 Å². The Bertz CT molecular complexity index is 1040. The molecule has 31 heavy (non-hydrogen) atoms. The van der Waals surface area contributed by atoms with Crippen molar-refractivity contribution in [3.8, 4) is 11.5 Å². The summed E-state index contributed by atoms with van der Waals surface area (Å²) in [6.45, 7) is 8.04. The summed E-state index contributed by atoms with van der Waals surface area (Å²) in [6.07, 6.45) is 1.51. The second kappa shape index (κ2) is 9.31. The Kier molecular flexibility index (Phi) is 6.75. The van der Waals surface area contributed by atoms with Gasteiger partial charge in [0.15, 0.2) is 16.6 Å². The molecule has 2 aromatic rings. The Hall–Kier alpha value is -3.19. The van der Waals surface area contributed by atoms with Gasteiger partial charge in [0.25, 0.3) is 11.8 Å². The van der Waals surface area contributed by atoms with Crippen LogP contribution in [0.25, 0.3) is 6.08 Å². The quantitative estimate of drug-likeness (QED) is 0.410. The Labute approximate surface area is 187 Å². The summed E-state index contributed by atoms with van der Waals surface area (Å²) in [5.74, 6) is 0.459. The maximum Gasteiger partial charge on any atom is 0.270 e. The van der Waals surface area contributed by atoms with Crippen LogP contribution in [0.5, 0.6) is 11.5 Å². The summed E-state index contributed by atoms with van der Waals surface area (Å²) < 4.78 is 11.1. The van der Waals surface area contributed by atoms with Gasteiger partial charge in [0.1, 0.15) is 5.57 Å². The zero-order valence-corrected chi connectivity index (χ0v) is 19.1. The molecule has 0 unspecified atom stereocenters. The highest BCUT2D eigenvalue weighted by molar-refractivity contribution is 7.80. The summed E-state index contributed by atoms with van der Waals surface area (Å²) in [5.41, 5.74) is 2.37. The highest BCUT2D eigenvalue weighted by atomic mass is 32.1. The topological polar surface area (TPSA) is 67.9 Å². The van der Waals surface area contributed by atoms with Crippen molar-refractivity contribution < 1.29 is 19.1 Å². The summed E-state index contributed by atoms with van der Waals surface area (Å²) in [7, 11) is 1.54. The van der Waals surface area contributed by atoms with E-state index in [1.807, 2.05) is 38.1 Å². The Morgan fingerprint density at radius 2 is 1.68 bits per heavy atom. The minimum absolute atomic E-state index is 0.0129. The summed E-state index contributed by atoms with van der Waals surface area (Å²) in [4.78, 5) is 27.1. The number of carbonyl (C=O) groups is 2. The molecule has 1 N–H and O–H groups in total. The standard InChI is InChI=1S/C24H26N2O4S/c1-14(2)17-7-9-18(10-8-17)26-23(28)19(22(27)25-24(26)31)12-16-6-11-20(30-15(3)4)21(13-16)29-5/h6-15H,1-5H3,(H,25,27,31)/b19-12+. The first-order valence-electron chi connectivity index (χ1n) is 10.1. The Morgan fingerprint density at radius 1 is 1.00 bits per heavy atom. The van der Waals surface area contributed by atoms with E-state index < -0.39 is 11.8 Å². The first kappa shape index (κ1) is 22.5. The van der Waals surface area contributed by atoms with Crippen LogP contribution < -0.4 is 19.7 Å². The van der Waals surface area contributed by atoms with Crippen molar-refractivity contribution in [2.45, 2.75) is 39.7 Å². The van der Waals surface area contributed by atoms with Crippen LogP contribution in [-0.2, 0) is 9.59 Å². The fourth-order valence-corrected chi connectivity index (χ4v) is 3.47. The van der Waals surface area contributed by atoms with Crippen molar-refractivity contribution in [2.75, 3.05) is 12.0 Å².